The van der Waals surface area contributed by atoms with Gasteiger partial charge in [0, 0.05) is 19.8 Å². The van der Waals surface area contributed by atoms with Gasteiger partial charge in [-0.15, -0.1) is 0 Å². The Labute approximate surface area is 116 Å². The molecule has 2 rings (SSSR count). The summed E-state index contributed by atoms with van der Waals surface area (Å²) >= 11 is 0. The van der Waals surface area contributed by atoms with E-state index in [1.165, 1.54) is 11.3 Å². The van der Waals surface area contributed by atoms with E-state index in [0.29, 0.717) is 0 Å². The Hall–Kier alpha value is -1.48. The smallest absolute Gasteiger partial charge is 0.113 e. The lowest BCUT2D eigenvalue weighted by molar-refractivity contribution is 0.168. The van der Waals surface area contributed by atoms with Gasteiger partial charge < -0.3 is 15.0 Å². The molecule has 1 aliphatic heterocycles. The van der Waals surface area contributed by atoms with Crippen LogP contribution < -0.4 is 10.2 Å². The molecule has 1 N–H and O–H groups in total. The van der Waals surface area contributed by atoms with Crippen molar-refractivity contribution in [1.82, 2.24) is 5.32 Å². The van der Waals surface area contributed by atoms with Crippen LogP contribution in [0.3, 0.4) is 0 Å². The average molecular weight is 260 g/mol. The van der Waals surface area contributed by atoms with E-state index in [-0.39, 0.29) is 6.04 Å². The number of benzene rings is 1. The first-order chi connectivity index (χ1) is 9.22. The van der Waals surface area contributed by atoms with Gasteiger partial charge in [0.15, 0.2) is 0 Å². The number of ether oxygens (including phenoxy) is 1. The Morgan fingerprint density at radius 1 is 1.26 bits per heavy atom. The van der Waals surface area contributed by atoms with Crippen LogP contribution in [0.4, 0.5) is 5.69 Å². The number of nitrogens with one attached hydrogen (secondary N) is 1. The van der Waals surface area contributed by atoms with Crippen LogP contribution in [-0.2, 0) is 4.74 Å². The molecule has 1 aromatic carbocycles. The molecule has 0 bridgehead atoms. The summed E-state index contributed by atoms with van der Waals surface area (Å²) in [7, 11) is 4.12. The maximum absolute atomic E-state index is 5.81. The molecule has 1 aromatic rings. The standard InChI is InChI=1S/C16H24N2O/c1-4-17-16(15-7-5-6-12-19-15)13-8-10-14(11-9-13)18(2)3/h7-11,16-17H,4-6,12H2,1-3H3. The third kappa shape index (κ3) is 3.51. The van der Waals surface area contributed by atoms with Crippen molar-refractivity contribution in [2.24, 2.45) is 0 Å². The molecule has 1 aliphatic rings. The van der Waals surface area contributed by atoms with Gasteiger partial charge in [0.05, 0.1) is 12.6 Å². The summed E-state index contributed by atoms with van der Waals surface area (Å²) in [6.07, 6.45) is 4.46. The number of rotatable bonds is 5. The van der Waals surface area contributed by atoms with Crippen molar-refractivity contribution >= 4 is 5.69 Å². The highest BCUT2D eigenvalue weighted by Crippen LogP contribution is 2.27. The lowest BCUT2D eigenvalue weighted by Crippen LogP contribution is -2.25. The predicted octanol–water partition coefficient (Wildman–Crippen LogP) is 3.10. The molecule has 3 heteroatoms. The first-order valence-corrected chi connectivity index (χ1v) is 7.06. The van der Waals surface area contributed by atoms with Gasteiger partial charge in [0.25, 0.3) is 0 Å². The second kappa shape index (κ2) is 6.62. The minimum absolute atomic E-state index is 0.182. The molecule has 0 amide bonds. The first kappa shape index (κ1) is 13.9. The van der Waals surface area contributed by atoms with Crippen LogP contribution in [0.15, 0.2) is 36.1 Å². The molecule has 19 heavy (non-hydrogen) atoms. The zero-order valence-electron chi connectivity index (χ0n) is 12.1. The summed E-state index contributed by atoms with van der Waals surface area (Å²) in [6, 6.07) is 8.86. The largest absolute Gasteiger partial charge is 0.496 e. The molecule has 0 aliphatic carbocycles. The monoisotopic (exact) mass is 260 g/mol. The molecule has 0 saturated carbocycles. The topological polar surface area (TPSA) is 24.5 Å². The summed E-state index contributed by atoms with van der Waals surface area (Å²) in [5, 5.41) is 3.51. The number of hydrogen-bond acceptors (Lipinski definition) is 3. The SMILES string of the molecule is CCNC(C1=CCCCO1)c1ccc(N(C)C)cc1. The van der Waals surface area contributed by atoms with E-state index in [2.05, 4.69) is 61.6 Å². The van der Waals surface area contributed by atoms with E-state index in [1.54, 1.807) is 0 Å². The molecule has 1 unspecified atom stereocenters. The highest BCUT2D eigenvalue weighted by Gasteiger charge is 2.18. The van der Waals surface area contributed by atoms with E-state index in [1.807, 2.05) is 0 Å². The van der Waals surface area contributed by atoms with Crippen LogP contribution in [0.2, 0.25) is 0 Å². The Morgan fingerprint density at radius 3 is 2.53 bits per heavy atom. The second-order valence-corrected chi connectivity index (χ2v) is 5.07. The molecule has 0 saturated heterocycles. The van der Waals surface area contributed by atoms with E-state index >= 15 is 0 Å². The summed E-state index contributed by atoms with van der Waals surface area (Å²) < 4.78 is 5.81. The van der Waals surface area contributed by atoms with Gasteiger partial charge in [-0.3, -0.25) is 0 Å². The van der Waals surface area contributed by atoms with Crippen molar-refractivity contribution in [2.75, 3.05) is 32.1 Å². The van der Waals surface area contributed by atoms with Gasteiger partial charge in [-0.25, -0.2) is 0 Å². The number of hydrogen-bond donors (Lipinski definition) is 1. The highest BCUT2D eigenvalue weighted by molar-refractivity contribution is 5.47. The first-order valence-electron chi connectivity index (χ1n) is 7.06. The molecule has 1 atom stereocenters. The molecule has 104 valence electrons. The van der Waals surface area contributed by atoms with Crippen molar-refractivity contribution in [3.8, 4) is 0 Å². The third-order valence-corrected chi connectivity index (χ3v) is 3.40. The van der Waals surface area contributed by atoms with Crippen LogP contribution in [0.5, 0.6) is 0 Å². The molecule has 0 aromatic heterocycles. The Bertz CT molecular complexity index is 423. The van der Waals surface area contributed by atoms with Crippen molar-refractivity contribution in [3.05, 3.63) is 41.7 Å². The average Bonchev–Trinajstić information content (AvgIpc) is 2.46. The van der Waals surface area contributed by atoms with Crippen molar-refractivity contribution in [1.29, 1.82) is 0 Å². The van der Waals surface area contributed by atoms with Gasteiger partial charge in [-0.2, -0.15) is 0 Å². The quantitative estimate of drug-likeness (QED) is 0.880. The molecule has 0 spiro atoms. The Kier molecular flexibility index (Phi) is 4.86. The van der Waals surface area contributed by atoms with Gasteiger partial charge in [-0.05, 0) is 43.2 Å². The van der Waals surface area contributed by atoms with Crippen molar-refractivity contribution in [3.63, 3.8) is 0 Å². The number of allylic oxidation sites excluding steroid dienone is 1. The minimum atomic E-state index is 0.182. The molecule has 0 fully saturated rings. The summed E-state index contributed by atoms with van der Waals surface area (Å²) in [4.78, 5) is 2.11. The maximum atomic E-state index is 5.81. The highest BCUT2D eigenvalue weighted by atomic mass is 16.5. The predicted molar refractivity (Wildman–Crippen MR) is 80.5 cm³/mol. The maximum Gasteiger partial charge on any atom is 0.113 e. The van der Waals surface area contributed by atoms with Crippen LogP contribution in [-0.4, -0.2) is 27.2 Å². The molecular formula is C16H24N2O. The lowest BCUT2D eigenvalue weighted by atomic mass is 10.0. The third-order valence-electron chi connectivity index (χ3n) is 3.40. The zero-order chi connectivity index (χ0) is 13.7. The number of nitrogens with zero attached hydrogens (tertiary/aromatic N) is 1. The van der Waals surface area contributed by atoms with Crippen molar-refractivity contribution < 1.29 is 4.74 Å². The van der Waals surface area contributed by atoms with E-state index < -0.39 is 0 Å². The van der Waals surface area contributed by atoms with Crippen LogP contribution in [0.1, 0.15) is 31.4 Å². The van der Waals surface area contributed by atoms with Gasteiger partial charge in [0.2, 0.25) is 0 Å². The van der Waals surface area contributed by atoms with Gasteiger partial charge in [-0.1, -0.05) is 19.1 Å². The lowest BCUT2D eigenvalue weighted by Gasteiger charge is -2.25. The van der Waals surface area contributed by atoms with Crippen LogP contribution >= 0.6 is 0 Å². The van der Waals surface area contributed by atoms with E-state index in [9.17, 15) is 0 Å². The summed E-state index contributed by atoms with van der Waals surface area (Å²) in [6.45, 7) is 3.90. The van der Waals surface area contributed by atoms with Crippen LogP contribution in [0, 0.1) is 0 Å². The van der Waals surface area contributed by atoms with Gasteiger partial charge in [0.1, 0.15) is 5.76 Å². The zero-order valence-corrected chi connectivity index (χ0v) is 12.1. The molecular weight excluding hydrogens is 236 g/mol. The Balaban J connectivity index is 2.20. The van der Waals surface area contributed by atoms with Gasteiger partial charge >= 0.3 is 0 Å². The van der Waals surface area contributed by atoms with Crippen LogP contribution in [0.25, 0.3) is 0 Å². The van der Waals surface area contributed by atoms with E-state index in [4.69, 9.17) is 4.74 Å². The molecule has 3 nitrogen and oxygen atoms in total. The normalized spacial score (nSPS) is 16.5. The Morgan fingerprint density at radius 2 is 2.00 bits per heavy atom. The minimum Gasteiger partial charge on any atom is -0.496 e. The van der Waals surface area contributed by atoms with Crippen molar-refractivity contribution in [2.45, 2.75) is 25.8 Å². The molecule has 0 radical (unpaired) electrons. The number of likely N-dealkylation sites (N-methyl/N-ethyl adjacent to an activating group) is 1. The van der Waals surface area contributed by atoms with E-state index in [0.717, 1.165) is 31.8 Å². The fraction of sp³-hybridized carbons (Fsp3) is 0.500. The summed E-state index contributed by atoms with van der Waals surface area (Å²) in [5.41, 5.74) is 2.48. The summed E-state index contributed by atoms with van der Waals surface area (Å²) in [5.74, 6) is 1.07. The number of anilines is 1. The fourth-order valence-corrected chi connectivity index (χ4v) is 2.33. The second-order valence-electron chi connectivity index (χ2n) is 5.07. The fourth-order valence-electron chi connectivity index (χ4n) is 2.33. The molecule has 1 heterocycles.